The van der Waals surface area contributed by atoms with E-state index in [1.807, 2.05) is 6.92 Å². The molecule has 0 aromatic carbocycles. The van der Waals surface area contributed by atoms with Crippen molar-refractivity contribution in [2.45, 2.75) is 45.1 Å². The Kier molecular flexibility index (Phi) is 3.94. The van der Waals surface area contributed by atoms with Gasteiger partial charge in [-0.25, -0.2) is 15.0 Å². The number of aromatic nitrogens is 4. The lowest BCUT2D eigenvalue weighted by molar-refractivity contribution is 0.0922. The summed E-state index contributed by atoms with van der Waals surface area (Å²) in [5.41, 5.74) is 1.18. The first-order valence-electron chi connectivity index (χ1n) is 7.37. The van der Waals surface area contributed by atoms with Crippen LogP contribution in [0.4, 0.5) is 0 Å². The van der Waals surface area contributed by atoms with Gasteiger partial charge in [-0.1, -0.05) is 19.3 Å². The molecule has 1 amide bonds. The lowest BCUT2D eigenvalue weighted by Crippen LogP contribution is -2.36. The molecule has 21 heavy (non-hydrogen) atoms. The first-order valence-corrected chi connectivity index (χ1v) is 7.37. The van der Waals surface area contributed by atoms with Gasteiger partial charge in [-0.15, -0.1) is 0 Å². The molecular weight excluding hydrogens is 266 g/mol. The molecule has 6 heteroatoms. The number of carbonyl (C=O) groups excluding carboxylic acids is 1. The van der Waals surface area contributed by atoms with Gasteiger partial charge in [0.15, 0.2) is 0 Å². The lowest BCUT2D eigenvalue weighted by atomic mass is 9.95. The first kappa shape index (κ1) is 13.7. The van der Waals surface area contributed by atoms with E-state index in [0.717, 1.165) is 18.5 Å². The third-order valence-corrected chi connectivity index (χ3v) is 3.75. The van der Waals surface area contributed by atoms with Gasteiger partial charge in [0, 0.05) is 24.1 Å². The smallest absolute Gasteiger partial charge is 0.270 e. The maximum Gasteiger partial charge on any atom is 0.270 e. The van der Waals surface area contributed by atoms with Crippen molar-refractivity contribution < 1.29 is 4.79 Å². The Morgan fingerprint density at radius 3 is 2.81 bits per heavy atom. The zero-order chi connectivity index (χ0) is 14.7. The van der Waals surface area contributed by atoms with Crippen LogP contribution >= 0.6 is 0 Å². The van der Waals surface area contributed by atoms with E-state index in [-0.39, 0.29) is 11.9 Å². The molecule has 1 aliphatic carbocycles. The van der Waals surface area contributed by atoms with Crippen molar-refractivity contribution in [3.63, 3.8) is 0 Å². The zero-order valence-corrected chi connectivity index (χ0v) is 12.1. The highest BCUT2D eigenvalue weighted by Crippen LogP contribution is 2.17. The molecule has 0 radical (unpaired) electrons. The Hall–Kier alpha value is -2.24. The van der Waals surface area contributed by atoms with Crippen molar-refractivity contribution in [1.82, 2.24) is 24.8 Å². The Labute approximate surface area is 123 Å². The number of amides is 1. The number of hydrogen-bond donors (Lipinski definition) is 1. The van der Waals surface area contributed by atoms with Crippen molar-refractivity contribution in [2.75, 3.05) is 0 Å². The predicted molar refractivity (Wildman–Crippen MR) is 78.2 cm³/mol. The van der Waals surface area contributed by atoms with E-state index in [9.17, 15) is 4.79 Å². The van der Waals surface area contributed by atoms with E-state index < -0.39 is 0 Å². The number of nitrogens with zero attached hydrogens (tertiary/aromatic N) is 4. The highest BCUT2D eigenvalue weighted by Gasteiger charge is 2.18. The van der Waals surface area contributed by atoms with Crippen LogP contribution in [0.15, 0.2) is 24.8 Å². The van der Waals surface area contributed by atoms with Gasteiger partial charge in [-0.2, -0.15) is 0 Å². The summed E-state index contributed by atoms with van der Waals surface area (Å²) in [4.78, 5) is 25.0. The Morgan fingerprint density at radius 1 is 1.29 bits per heavy atom. The van der Waals surface area contributed by atoms with Gasteiger partial charge in [-0.05, 0) is 25.8 Å². The number of aryl methyl sites for hydroxylation is 1. The van der Waals surface area contributed by atoms with Crippen LogP contribution < -0.4 is 5.32 Å². The van der Waals surface area contributed by atoms with E-state index in [1.165, 1.54) is 19.3 Å². The molecule has 0 unspecified atom stereocenters. The average Bonchev–Trinajstić information content (AvgIpc) is 3.02. The molecule has 3 rings (SSSR count). The minimum absolute atomic E-state index is 0.117. The maximum atomic E-state index is 12.4. The molecule has 110 valence electrons. The summed E-state index contributed by atoms with van der Waals surface area (Å²) in [6.07, 6.45) is 10.8. The lowest BCUT2D eigenvalue weighted by Gasteiger charge is -2.22. The van der Waals surface area contributed by atoms with Gasteiger partial charge in [0.1, 0.15) is 12.0 Å². The second-order valence-corrected chi connectivity index (χ2v) is 5.47. The van der Waals surface area contributed by atoms with Crippen LogP contribution in [0, 0.1) is 6.92 Å². The van der Waals surface area contributed by atoms with Gasteiger partial charge in [-0.3, -0.25) is 9.36 Å². The molecule has 2 aromatic rings. The minimum atomic E-state index is -0.117. The molecule has 0 saturated heterocycles. The topological polar surface area (TPSA) is 72.7 Å². The minimum Gasteiger partial charge on any atom is -0.348 e. The SMILES string of the molecule is Cc1cc(C(=O)NC2CCCCC2)nc(-n2ccnc2)n1. The van der Waals surface area contributed by atoms with Crippen molar-refractivity contribution in [1.29, 1.82) is 0 Å². The fourth-order valence-electron chi connectivity index (χ4n) is 2.67. The summed E-state index contributed by atoms with van der Waals surface area (Å²) < 4.78 is 1.70. The van der Waals surface area contributed by atoms with E-state index in [1.54, 1.807) is 29.4 Å². The number of carbonyl (C=O) groups is 1. The molecule has 1 N–H and O–H groups in total. The molecule has 1 fully saturated rings. The van der Waals surface area contributed by atoms with E-state index >= 15 is 0 Å². The summed E-state index contributed by atoms with van der Waals surface area (Å²) in [6, 6.07) is 2.00. The Morgan fingerprint density at radius 2 is 2.10 bits per heavy atom. The largest absolute Gasteiger partial charge is 0.348 e. The van der Waals surface area contributed by atoms with Crippen molar-refractivity contribution in [3.8, 4) is 5.95 Å². The third kappa shape index (κ3) is 3.26. The van der Waals surface area contributed by atoms with Crippen molar-refractivity contribution in [3.05, 3.63) is 36.2 Å². The molecule has 2 aromatic heterocycles. The standard InChI is InChI=1S/C15H19N5O/c1-11-9-13(14(21)18-12-5-3-2-4-6-12)19-15(17-11)20-8-7-16-10-20/h7-10,12H,2-6H2,1H3,(H,18,21). The van der Waals surface area contributed by atoms with Gasteiger partial charge < -0.3 is 5.32 Å². The fraction of sp³-hybridized carbons (Fsp3) is 0.467. The van der Waals surface area contributed by atoms with Gasteiger partial charge >= 0.3 is 0 Å². The summed E-state index contributed by atoms with van der Waals surface area (Å²) in [6.45, 7) is 1.86. The summed E-state index contributed by atoms with van der Waals surface area (Å²) in [5, 5.41) is 3.08. The van der Waals surface area contributed by atoms with Crippen LogP contribution in [-0.4, -0.2) is 31.5 Å². The predicted octanol–water partition coefficient (Wildman–Crippen LogP) is 2.03. The molecule has 0 atom stereocenters. The van der Waals surface area contributed by atoms with E-state index in [4.69, 9.17) is 0 Å². The van der Waals surface area contributed by atoms with E-state index in [2.05, 4.69) is 20.3 Å². The van der Waals surface area contributed by atoms with Crippen LogP contribution in [0.5, 0.6) is 0 Å². The number of imidazole rings is 1. The number of nitrogens with one attached hydrogen (secondary N) is 1. The Balaban J connectivity index is 1.79. The highest BCUT2D eigenvalue weighted by atomic mass is 16.1. The molecule has 0 aliphatic heterocycles. The summed E-state index contributed by atoms with van der Waals surface area (Å²) in [5.74, 6) is 0.357. The van der Waals surface area contributed by atoms with Gasteiger partial charge in [0.2, 0.25) is 5.95 Å². The number of hydrogen-bond acceptors (Lipinski definition) is 4. The normalized spacial score (nSPS) is 15.9. The molecule has 1 aliphatic rings. The maximum absolute atomic E-state index is 12.4. The second-order valence-electron chi connectivity index (χ2n) is 5.47. The molecule has 0 spiro atoms. The van der Waals surface area contributed by atoms with Crippen LogP contribution in [0.1, 0.15) is 48.3 Å². The van der Waals surface area contributed by atoms with Crippen molar-refractivity contribution in [2.24, 2.45) is 0 Å². The highest BCUT2D eigenvalue weighted by molar-refractivity contribution is 5.92. The van der Waals surface area contributed by atoms with Crippen LogP contribution in [0.2, 0.25) is 0 Å². The van der Waals surface area contributed by atoms with Gasteiger partial charge in [0.05, 0.1) is 0 Å². The molecule has 0 bridgehead atoms. The van der Waals surface area contributed by atoms with Crippen LogP contribution in [0.25, 0.3) is 5.95 Å². The second kappa shape index (κ2) is 6.03. The van der Waals surface area contributed by atoms with Crippen LogP contribution in [0.3, 0.4) is 0 Å². The zero-order valence-electron chi connectivity index (χ0n) is 12.1. The van der Waals surface area contributed by atoms with Gasteiger partial charge in [0.25, 0.3) is 5.91 Å². The van der Waals surface area contributed by atoms with Crippen LogP contribution in [-0.2, 0) is 0 Å². The molecular formula is C15H19N5O. The summed E-state index contributed by atoms with van der Waals surface area (Å²) >= 11 is 0. The first-order chi connectivity index (χ1) is 10.2. The quantitative estimate of drug-likeness (QED) is 0.936. The van der Waals surface area contributed by atoms with Crippen molar-refractivity contribution >= 4 is 5.91 Å². The summed E-state index contributed by atoms with van der Waals surface area (Å²) in [7, 11) is 0. The molecule has 2 heterocycles. The fourth-order valence-corrected chi connectivity index (χ4v) is 2.67. The third-order valence-electron chi connectivity index (χ3n) is 3.75. The number of rotatable bonds is 3. The monoisotopic (exact) mass is 285 g/mol. The molecule has 6 nitrogen and oxygen atoms in total. The average molecular weight is 285 g/mol. The Bertz CT molecular complexity index is 617. The van der Waals surface area contributed by atoms with E-state index in [0.29, 0.717) is 11.6 Å². The molecule has 1 saturated carbocycles.